The molecule has 2 heterocycles. The van der Waals surface area contributed by atoms with Crippen molar-refractivity contribution in [3.8, 4) is 17.1 Å². The molecule has 156 valence electrons. The van der Waals surface area contributed by atoms with Crippen molar-refractivity contribution < 1.29 is 4.74 Å². The standard InChI is InChI=1S/C26H31N3O/c1-18(2)20-9-11-22(12-10-20)26-24(13-14-25(28-26)30-4)29-16-15-27-23(17-29)21-7-5-19(3)6-8-21/h5-14,18,23,27H,15-17H2,1-4H3. The molecule has 3 aromatic rings. The molecule has 1 N–H and O–H groups in total. The zero-order valence-corrected chi connectivity index (χ0v) is 18.4. The van der Waals surface area contributed by atoms with Gasteiger partial charge in [0.2, 0.25) is 5.88 Å². The summed E-state index contributed by atoms with van der Waals surface area (Å²) in [6.07, 6.45) is 0. The summed E-state index contributed by atoms with van der Waals surface area (Å²) in [5.74, 6) is 1.16. The Morgan fingerprint density at radius 1 is 1.00 bits per heavy atom. The molecule has 4 nitrogen and oxygen atoms in total. The van der Waals surface area contributed by atoms with Crippen molar-refractivity contribution >= 4 is 5.69 Å². The van der Waals surface area contributed by atoms with Crippen molar-refractivity contribution in [1.29, 1.82) is 0 Å². The lowest BCUT2D eigenvalue weighted by molar-refractivity contribution is 0.398. The van der Waals surface area contributed by atoms with Crippen LogP contribution < -0.4 is 15.0 Å². The summed E-state index contributed by atoms with van der Waals surface area (Å²) < 4.78 is 5.44. The largest absolute Gasteiger partial charge is 0.481 e. The van der Waals surface area contributed by atoms with Crippen LogP contribution >= 0.6 is 0 Å². The smallest absolute Gasteiger partial charge is 0.213 e. The quantitative estimate of drug-likeness (QED) is 0.626. The van der Waals surface area contributed by atoms with Gasteiger partial charge in [-0.2, -0.15) is 0 Å². The number of rotatable bonds is 5. The van der Waals surface area contributed by atoms with Gasteiger partial charge in [0.15, 0.2) is 0 Å². The molecular formula is C26H31N3O. The number of nitrogens with one attached hydrogen (secondary N) is 1. The SMILES string of the molecule is COc1ccc(N2CCNC(c3ccc(C)cc3)C2)c(-c2ccc(C(C)C)cc2)n1. The zero-order valence-electron chi connectivity index (χ0n) is 18.4. The summed E-state index contributed by atoms with van der Waals surface area (Å²) in [7, 11) is 1.67. The summed E-state index contributed by atoms with van der Waals surface area (Å²) in [6, 6.07) is 22.0. The third kappa shape index (κ3) is 4.34. The molecule has 0 radical (unpaired) electrons. The van der Waals surface area contributed by atoms with Crippen molar-refractivity contribution in [1.82, 2.24) is 10.3 Å². The monoisotopic (exact) mass is 401 g/mol. The minimum Gasteiger partial charge on any atom is -0.481 e. The van der Waals surface area contributed by atoms with E-state index in [2.05, 4.69) is 85.6 Å². The highest BCUT2D eigenvalue weighted by atomic mass is 16.5. The third-order valence-corrected chi connectivity index (χ3v) is 5.90. The molecular weight excluding hydrogens is 370 g/mol. The Morgan fingerprint density at radius 3 is 2.40 bits per heavy atom. The summed E-state index contributed by atoms with van der Waals surface area (Å²) in [5, 5.41) is 3.67. The first kappa shape index (κ1) is 20.4. The van der Waals surface area contributed by atoms with Gasteiger partial charge in [-0.15, -0.1) is 0 Å². The average molecular weight is 402 g/mol. The molecule has 1 atom stereocenters. The highest BCUT2D eigenvalue weighted by Gasteiger charge is 2.24. The molecule has 4 heteroatoms. The van der Waals surface area contributed by atoms with Gasteiger partial charge in [-0.1, -0.05) is 67.9 Å². The van der Waals surface area contributed by atoms with E-state index < -0.39 is 0 Å². The van der Waals surface area contributed by atoms with Crippen molar-refractivity contribution in [3.05, 3.63) is 77.4 Å². The van der Waals surface area contributed by atoms with Crippen LogP contribution in [-0.2, 0) is 0 Å². The molecule has 30 heavy (non-hydrogen) atoms. The van der Waals surface area contributed by atoms with Crippen LogP contribution in [-0.4, -0.2) is 31.7 Å². The maximum Gasteiger partial charge on any atom is 0.213 e. The second-order valence-corrected chi connectivity index (χ2v) is 8.36. The first-order valence-corrected chi connectivity index (χ1v) is 10.8. The van der Waals surface area contributed by atoms with Crippen LogP contribution in [0.5, 0.6) is 5.88 Å². The van der Waals surface area contributed by atoms with Gasteiger partial charge in [0.05, 0.1) is 18.5 Å². The summed E-state index contributed by atoms with van der Waals surface area (Å²) in [6.45, 7) is 9.37. The number of aryl methyl sites for hydroxylation is 1. The molecule has 0 saturated carbocycles. The molecule has 0 bridgehead atoms. The average Bonchev–Trinajstić information content (AvgIpc) is 2.79. The first-order chi connectivity index (χ1) is 14.5. The van der Waals surface area contributed by atoms with Gasteiger partial charge < -0.3 is 15.0 Å². The highest BCUT2D eigenvalue weighted by molar-refractivity contribution is 5.76. The lowest BCUT2D eigenvalue weighted by atomic mass is 9.99. The molecule has 1 aliphatic rings. The summed E-state index contributed by atoms with van der Waals surface area (Å²) >= 11 is 0. The molecule has 4 rings (SSSR count). The molecule has 2 aromatic carbocycles. The third-order valence-electron chi connectivity index (χ3n) is 5.90. The Labute approximate surface area is 179 Å². The molecule has 1 aliphatic heterocycles. The van der Waals surface area contributed by atoms with E-state index in [1.165, 1.54) is 16.7 Å². The molecule has 1 unspecified atom stereocenters. The van der Waals surface area contributed by atoms with Crippen LogP contribution in [0.3, 0.4) is 0 Å². The van der Waals surface area contributed by atoms with E-state index in [4.69, 9.17) is 9.72 Å². The van der Waals surface area contributed by atoms with E-state index in [-0.39, 0.29) is 0 Å². The molecule has 0 spiro atoms. The predicted octanol–water partition coefficient (Wildman–Crippen LogP) is 5.34. The van der Waals surface area contributed by atoms with Crippen LogP contribution in [0.1, 0.15) is 42.5 Å². The highest BCUT2D eigenvalue weighted by Crippen LogP contribution is 2.34. The first-order valence-electron chi connectivity index (χ1n) is 10.8. The lowest BCUT2D eigenvalue weighted by Crippen LogP contribution is -2.46. The summed E-state index contributed by atoms with van der Waals surface area (Å²) in [5.41, 5.74) is 7.22. The van der Waals surface area contributed by atoms with E-state index in [1.54, 1.807) is 7.11 Å². The number of aromatic nitrogens is 1. The number of hydrogen-bond donors (Lipinski definition) is 1. The van der Waals surface area contributed by atoms with Crippen molar-refractivity contribution in [3.63, 3.8) is 0 Å². The van der Waals surface area contributed by atoms with Gasteiger partial charge in [-0.3, -0.25) is 0 Å². The number of anilines is 1. The number of benzene rings is 2. The fourth-order valence-corrected chi connectivity index (χ4v) is 4.03. The van der Waals surface area contributed by atoms with E-state index in [1.807, 2.05) is 6.07 Å². The van der Waals surface area contributed by atoms with Crippen molar-refractivity contribution in [2.45, 2.75) is 32.7 Å². The lowest BCUT2D eigenvalue weighted by Gasteiger charge is -2.36. The molecule has 1 aromatic heterocycles. The minimum absolute atomic E-state index is 0.303. The van der Waals surface area contributed by atoms with Crippen molar-refractivity contribution in [2.75, 3.05) is 31.6 Å². The Kier molecular flexibility index (Phi) is 6.05. The predicted molar refractivity (Wildman–Crippen MR) is 124 cm³/mol. The van der Waals surface area contributed by atoms with Gasteiger partial charge in [0.25, 0.3) is 0 Å². The number of methoxy groups -OCH3 is 1. The van der Waals surface area contributed by atoms with Crippen LogP contribution in [0.15, 0.2) is 60.7 Å². The van der Waals surface area contributed by atoms with E-state index in [9.17, 15) is 0 Å². The summed E-state index contributed by atoms with van der Waals surface area (Å²) in [4.78, 5) is 7.28. The van der Waals surface area contributed by atoms with Gasteiger partial charge >= 0.3 is 0 Å². The van der Waals surface area contributed by atoms with Crippen molar-refractivity contribution in [2.24, 2.45) is 0 Å². The molecule has 0 aliphatic carbocycles. The number of pyridine rings is 1. The number of ether oxygens (including phenoxy) is 1. The normalized spacial score (nSPS) is 16.7. The molecule has 1 saturated heterocycles. The van der Waals surface area contributed by atoms with E-state index >= 15 is 0 Å². The Morgan fingerprint density at radius 2 is 1.73 bits per heavy atom. The van der Waals surface area contributed by atoms with Crippen LogP contribution in [0.2, 0.25) is 0 Å². The second kappa shape index (κ2) is 8.88. The fourth-order valence-electron chi connectivity index (χ4n) is 4.03. The molecule has 1 fully saturated rings. The van der Waals surface area contributed by atoms with E-state index in [0.717, 1.165) is 36.6 Å². The Bertz CT molecular complexity index is 980. The zero-order chi connectivity index (χ0) is 21.1. The topological polar surface area (TPSA) is 37.4 Å². The van der Waals surface area contributed by atoms with E-state index in [0.29, 0.717) is 17.8 Å². The van der Waals surface area contributed by atoms with Crippen LogP contribution in [0, 0.1) is 6.92 Å². The number of nitrogens with zero attached hydrogens (tertiary/aromatic N) is 2. The van der Waals surface area contributed by atoms with Crippen LogP contribution in [0.25, 0.3) is 11.3 Å². The van der Waals surface area contributed by atoms with Gasteiger partial charge in [-0.25, -0.2) is 4.98 Å². The van der Waals surface area contributed by atoms with Gasteiger partial charge in [0, 0.05) is 37.3 Å². The number of hydrogen-bond acceptors (Lipinski definition) is 4. The fraction of sp³-hybridized carbons (Fsp3) is 0.346. The Balaban J connectivity index is 1.66. The van der Waals surface area contributed by atoms with Crippen LogP contribution in [0.4, 0.5) is 5.69 Å². The second-order valence-electron chi connectivity index (χ2n) is 8.36. The Hall–Kier alpha value is -2.85. The maximum atomic E-state index is 5.44. The minimum atomic E-state index is 0.303. The van der Waals surface area contributed by atoms with Gasteiger partial charge in [0.1, 0.15) is 0 Å². The van der Waals surface area contributed by atoms with Gasteiger partial charge in [-0.05, 0) is 30.0 Å². The number of piperazine rings is 1. The molecule has 0 amide bonds. The maximum absolute atomic E-state index is 5.44.